The molecular formula is C11H18F2N2O. The molecule has 0 aromatic rings. The van der Waals surface area contributed by atoms with Crippen molar-refractivity contribution >= 4 is 5.91 Å². The fraction of sp³-hybridized carbons (Fsp3) is 0.909. The van der Waals surface area contributed by atoms with Gasteiger partial charge in [0.15, 0.2) is 0 Å². The van der Waals surface area contributed by atoms with E-state index in [1.54, 1.807) is 4.90 Å². The molecule has 2 aliphatic rings. The van der Waals surface area contributed by atoms with E-state index >= 15 is 0 Å². The lowest BCUT2D eigenvalue weighted by molar-refractivity contribution is -0.138. The Morgan fingerprint density at radius 1 is 1.38 bits per heavy atom. The number of amides is 1. The van der Waals surface area contributed by atoms with E-state index in [1.165, 1.54) is 0 Å². The van der Waals surface area contributed by atoms with Crippen molar-refractivity contribution in [3.8, 4) is 0 Å². The van der Waals surface area contributed by atoms with Crippen LogP contribution in [0.1, 0.15) is 19.3 Å². The van der Waals surface area contributed by atoms with Crippen molar-refractivity contribution in [1.29, 1.82) is 0 Å². The van der Waals surface area contributed by atoms with Crippen LogP contribution in [0.15, 0.2) is 0 Å². The molecule has 5 heteroatoms. The number of piperidine rings is 1. The number of hydrogen-bond donors (Lipinski definition) is 1. The van der Waals surface area contributed by atoms with Crippen LogP contribution in [0, 0.1) is 11.8 Å². The zero-order valence-corrected chi connectivity index (χ0v) is 9.29. The van der Waals surface area contributed by atoms with Crippen molar-refractivity contribution in [1.82, 2.24) is 10.2 Å². The number of rotatable bonds is 2. The Kier molecular flexibility index (Phi) is 3.74. The van der Waals surface area contributed by atoms with Gasteiger partial charge in [-0.1, -0.05) is 0 Å². The second-order valence-electron chi connectivity index (χ2n) is 4.71. The van der Waals surface area contributed by atoms with Crippen molar-refractivity contribution in [2.24, 2.45) is 11.8 Å². The van der Waals surface area contributed by atoms with Gasteiger partial charge in [-0.25, -0.2) is 8.78 Å². The Bertz CT molecular complexity index is 254. The van der Waals surface area contributed by atoms with E-state index in [2.05, 4.69) is 5.32 Å². The van der Waals surface area contributed by atoms with Crippen LogP contribution in [-0.2, 0) is 4.79 Å². The fourth-order valence-electron chi connectivity index (χ4n) is 2.54. The monoisotopic (exact) mass is 232 g/mol. The van der Waals surface area contributed by atoms with Gasteiger partial charge in [0, 0.05) is 25.6 Å². The van der Waals surface area contributed by atoms with Gasteiger partial charge in [-0.2, -0.15) is 0 Å². The highest BCUT2D eigenvalue weighted by Crippen LogP contribution is 2.24. The number of carbonyl (C=O) groups excluding carboxylic acids is 1. The van der Waals surface area contributed by atoms with Crippen molar-refractivity contribution in [3.05, 3.63) is 0 Å². The first-order valence-electron chi connectivity index (χ1n) is 5.96. The Morgan fingerprint density at radius 3 is 2.81 bits per heavy atom. The lowest BCUT2D eigenvalue weighted by Crippen LogP contribution is -2.45. The molecule has 2 heterocycles. The molecule has 3 nitrogen and oxygen atoms in total. The number of hydrogen-bond acceptors (Lipinski definition) is 2. The van der Waals surface area contributed by atoms with Gasteiger partial charge in [0.05, 0.1) is 5.92 Å². The minimum Gasteiger partial charge on any atom is -0.342 e. The summed E-state index contributed by atoms with van der Waals surface area (Å²) in [5, 5.41) is 3.13. The van der Waals surface area contributed by atoms with Crippen LogP contribution in [-0.4, -0.2) is 43.4 Å². The van der Waals surface area contributed by atoms with Crippen molar-refractivity contribution < 1.29 is 13.6 Å². The van der Waals surface area contributed by atoms with E-state index in [0.717, 1.165) is 13.0 Å². The van der Waals surface area contributed by atoms with Gasteiger partial charge in [-0.15, -0.1) is 0 Å². The topological polar surface area (TPSA) is 32.3 Å². The molecule has 0 saturated carbocycles. The summed E-state index contributed by atoms with van der Waals surface area (Å²) in [6.07, 6.45) is -0.197. The zero-order chi connectivity index (χ0) is 11.5. The molecule has 0 bridgehead atoms. The Hall–Kier alpha value is -0.710. The highest BCUT2D eigenvalue weighted by atomic mass is 19.3. The molecule has 16 heavy (non-hydrogen) atoms. The second-order valence-corrected chi connectivity index (χ2v) is 4.71. The van der Waals surface area contributed by atoms with E-state index < -0.39 is 12.3 Å². The zero-order valence-electron chi connectivity index (χ0n) is 9.29. The third kappa shape index (κ3) is 2.51. The van der Waals surface area contributed by atoms with Crippen LogP contribution in [0.25, 0.3) is 0 Å². The largest absolute Gasteiger partial charge is 0.342 e. The lowest BCUT2D eigenvalue weighted by Gasteiger charge is -2.33. The molecule has 2 saturated heterocycles. The van der Waals surface area contributed by atoms with E-state index in [9.17, 15) is 13.6 Å². The predicted octanol–water partition coefficient (Wildman–Crippen LogP) is 1.10. The third-order valence-corrected chi connectivity index (χ3v) is 3.54. The number of alkyl halides is 2. The standard InChI is InChI=1S/C11H18F2N2O/c12-10(13)9-2-1-5-15(7-9)11(16)8-3-4-14-6-8/h8-10,14H,1-7H2/t8-,9-/m1/s1. The van der Waals surface area contributed by atoms with Gasteiger partial charge in [0.25, 0.3) is 0 Å². The van der Waals surface area contributed by atoms with E-state index in [0.29, 0.717) is 25.9 Å². The molecule has 2 rings (SSSR count). The molecular weight excluding hydrogens is 214 g/mol. The van der Waals surface area contributed by atoms with Crippen molar-refractivity contribution in [2.75, 3.05) is 26.2 Å². The second kappa shape index (κ2) is 5.08. The molecule has 0 aliphatic carbocycles. The van der Waals surface area contributed by atoms with Crippen LogP contribution in [0.3, 0.4) is 0 Å². The molecule has 92 valence electrons. The number of nitrogens with zero attached hydrogens (tertiary/aromatic N) is 1. The van der Waals surface area contributed by atoms with Gasteiger partial charge in [-0.05, 0) is 25.8 Å². The van der Waals surface area contributed by atoms with Crippen LogP contribution in [0.2, 0.25) is 0 Å². The molecule has 0 radical (unpaired) electrons. The van der Waals surface area contributed by atoms with Crippen molar-refractivity contribution in [2.45, 2.75) is 25.7 Å². The summed E-state index contributed by atoms with van der Waals surface area (Å²) in [5.74, 6) is -0.543. The summed E-state index contributed by atoms with van der Waals surface area (Å²) < 4.78 is 25.2. The molecule has 0 unspecified atom stereocenters. The van der Waals surface area contributed by atoms with Gasteiger partial charge in [0.1, 0.15) is 0 Å². The highest BCUT2D eigenvalue weighted by molar-refractivity contribution is 5.79. The first-order valence-corrected chi connectivity index (χ1v) is 5.96. The maximum absolute atomic E-state index is 12.6. The van der Waals surface area contributed by atoms with Gasteiger partial charge in [-0.3, -0.25) is 4.79 Å². The van der Waals surface area contributed by atoms with Crippen LogP contribution >= 0.6 is 0 Å². The minimum atomic E-state index is -2.29. The Labute approximate surface area is 94.2 Å². The molecule has 1 N–H and O–H groups in total. The number of carbonyl (C=O) groups is 1. The molecule has 2 fully saturated rings. The lowest BCUT2D eigenvalue weighted by atomic mass is 9.96. The number of likely N-dealkylation sites (tertiary alicyclic amines) is 1. The van der Waals surface area contributed by atoms with Gasteiger partial charge < -0.3 is 10.2 Å². The Morgan fingerprint density at radius 2 is 2.19 bits per heavy atom. The maximum Gasteiger partial charge on any atom is 0.243 e. The van der Waals surface area contributed by atoms with Crippen LogP contribution in [0.4, 0.5) is 8.78 Å². The SMILES string of the molecule is O=C([C@@H]1CCNC1)N1CCC[C@@H](C(F)F)C1. The maximum atomic E-state index is 12.6. The quantitative estimate of drug-likeness (QED) is 0.773. The average molecular weight is 232 g/mol. The molecule has 0 spiro atoms. The number of nitrogens with one attached hydrogen (secondary N) is 1. The van der Waals surface area contributed by atoms with Crippen LogP contribution in [0.5, 0.6) is 0 Å². The fourth-order valence-corrected chi connectivity index (χ4v) is 2.54. The van der Waals surface area contributed by atoms with E-state index in [1.807, 2.05) is 0 Å². The smallest absolute Gasteiger partial charge is 0.243 e. The minimum absolute atomic E-state index is 0.0106. The molecule has 0 aromatic carbocycles. The van der Waals surface area contributed by atoms with Crippen LogP contribution < -0.4 is 5.32 Å². The summed E-state index contributed by atoms with van der Waals surface area (Å²) in [6, 6.07) is 0. The number of halogens is 2. The van der Waals surface area contributed by atoms with E-state index in [4.69, 9.17) is 0 Å². The molecule has 2 aliphatic heterocycles. The first kappa shape index (κ1) is 11.8. The average Bonchev–Trinajstić information content (AvgIpc) is 2.81. The van der Waals surface area contributed by atoms with Crippen molar-refractivity contribution in [3.63, 3.8) is 0 Å². The summed E-state index contributed by atoms with van der Waals surface area (Å²) in [6.45, 7) is 2.46. The first-order chi connectivity index (χ1) is 7.68. The summed E-state index contributed by atoms with van der Waals surface area (Å²) >= 11 is 0. The Balaban J connectivity index is 1.90. The highest BCUT2D eigenvalue weighted by Gasteiger charge is 2.33. The molecule has 1 amide bonds. The van der Waals surface area contributed by atoms with E-state index in [-0.39, 0.29) is 18.4 Å². The summed E-state index contributed by atoms with van der Waals surface area (Å²) in [5.41, 5.74) is 0. The summed E-state index contributed by atoms with van der Waals surface area (Å²) in [7, 11) is 0. The summed E-state index contributed by atoms with van der Waals surface area (Å²) in [4.78, 5) is 13.6. The third-order valence-electron chi connectivity index (χ3n) is 3.54. The normalized spacial score (nSPS) is 31.1. The van der Waals surface area contributed by atoms with Gasteiger partial charge >= 0.3 is 0 Å². The molecule has 0 aromatic heterocycles. The predicted molar refractivity (Wildman–Crippen MR) is 56.3 cm³/mol. The van der Waals surface area contributed by atoms with Gasteiger partial charge in [0.2, 0.25) is 12.3 Å². The molecule has 2 atom stereocenters.